The average Bonchev–Trinajstić information content (AvgIpc) is 3.43. The first-order valence-corrected chi connectivity index (χ1v) is 13.5. The number of amides is 1. The number of rotatable bonds is 8. The summed E-state index contributed by atoms with van der Waals surface area (Å²) in [7, 11) is 1.66. The number of fused-ring (bicyclic) bond motifs is 1. The fourth-order valence-corrected chi connectivity index (χ4v) is 5.01. The quantitative estimate of drug-likeness (QED) is 0.302. The average molecular weight is 552 g/mol. The van der Waals surface area contributed by atoms with Crippen LogP contribution in [0.25, 0.3) is 11.2 Å². The van der Waals surface area contributed by atoms with Crippen molar-refractivity contribution in [2.75, 3.05) is 43.5 Å². The molecule has 6 rings (SSSR count). The van der Waals surface area contributed by atoms with Crippen LogP contribution in [0.4, 0.5) is 16.2 Å². The number of hydrogen-bond acceptors (Lipinski definition) is 7. The molecule has 3 aromatic carbocycles. The Labute approximate surface area is 237 Å². The van der Waals surface area contributed by atoms with E-state index in [4.69, 9.17) is 14.7 Å². The van der Waals surface area contributed by atoms with Crippen LogP contribution in [0.1, 0.15) is 21.5 Å². The normalized spacial score (nSPS) is 13.4. The largest absolute Gasteiger partial charge is 0.496 e. The highest BCUT2D eigenvalue weighted by Gasteiger charge is 2.25. The molecule has 1 amide bonds. The van der Waals surface area contributed by atoms with E-state index in [9.17, 15) is 9.18 Å². The predicted octanol–water partition coefficient (Wildman–Crippen LogP) is 4.60. The van der Waals surface area contributed by atoms with Gasteiger partial charge < -0.3 is 24.4 Å². The second-order valence-corrected chi connectivity index (χ2v) is 9.85. The standard InChI is InChI=1S/C31H30FN7O2/c1-41-26-10-6-5-9-24(26)19-33-28-27-29(39(21-34-27)20-22-7-3-2-4-8-22)36-31(35-28)38-17-15-37(16-18-38)30(40)23-11-13-25(32)14-12-23/h2-14,21H,15-20H2,1H3,(H,33,35,36). The molecule has 0 aliphatic carbocycles. The molecule has 9 nitrogen and oxygen atoms in total. The van der Waals surface area contributed by atoms with Gasteiger partial charge in [0.15, 0.2) is 17.0 Å². The van der Waals surface area contributed by atoms with Crippen LogP contribution >= 0.6 is 0 Å². The van der Waals surface area contributed by atoms with Crippen LogP contribution in [0.3, 0.4) is 0 Å². The molecule has 0 spiro atoms. The Bertz CT molecular complexity index is 1650. The first-order valence-electron chi connectivity index (χ1n) is 13.5. The zero-order valence-corrected chi connectivity index (χ0v) is 22.7. The van der Waals surface area contributed by atoms with Gasteiger partial charge >= 0.3 is 0 Å². The number of halogens is 1. The maximum Gasteiger partial charge on any atom is 0.253 e. The van der Waals surface area contributed by atoms with Crippen molar-refractivity contribution in [2.45, 2.75) is 13.1 Å². The second kappa shape index (κ2) is 11.6. The number of anilines is 2. The molecule has 2 aromatic heterocycles. The molecule has 0 saturated carbocycles. The van der Waals surface area contributed by atoms with Gasteiger partial charge in [-0.3, -0.25) is 4.79 Å². The lowest BCUT2D eigenvalue weighted by Crippen LogP contribution is -2.49. The molecule has 0 unspecified atom stereocenters. The van der Waals surface area contributed by atoms with Crippen molar-refractivity contribution in [1.29, 1.82) is 0 Å². The van der Waals surface area contributed by atoms with Crippen LogP contribution in [-0.2, 0) is 13.1 Å². The zero-order valence-electron chi connectivity index (χ0n) is 22.7. The summed E-state index contributed by atoms with van der Waals surface area (Å²) in [5.74, 6) is 1.53. The van der Waals surface area contributed by atoms with E-state index < -0.39 is 0 Å². The summed E-state index contributed by atoms with van der Waals surface area (Å²) in [4.78, 5) is 31.3. The monoisotopic (exact) mass is 551 g/mol. The van der Waals surface area contributed by atoms with E-state index in [2.05, 4.69) is 27.3 Å². The molecule has 41 heavy (non-hydrogen) atoms. The molecule has 1 aliphatic rings. The molecule has 5 aromatic rings. The van der Waals surface area contributed by atoms with Gasteiger partial charge in [0, 0.05) is 43.9 Å². The Balaban J connectivity index is 1.27. The third-order valence-electron chi connectivity index (χ3n) is 7.23. The van der Waals surface area contributed by atoms with Crippen molar-refractivity contribution >= 4 is 28.8 Å². The molecule has 1 saturated heterocycles. The lowest BCUT2D eigenvalue weighted by atomic mass is 10.2. The van der Waals surface area contributed by atoms with Crippen molar-refractivity contribution in [2.24, 2.45) is 0 Å². The SMILES string of the molecule is COc1ccccc1CNc1nc(N2CCN(C(=O)c3ccc(F)cc3)CC2)nc2c1ncn2Cc1ccccc1. The van der Waals surface area contributed by atoms with Gasteiger partial charge in [0.1, 0.15) is 11.6 Å². The third kappa shape index (κ3) is 5.67. The van der Waals surface area contributed by atoms with Gasteiger partial charge in [-0.05, 0) is 35.9 Å². The molecular weight excluding hydrogens is 521 g/mol. The number of imidazole rings is 1. The first-order chi connectivity index (χ1) is 20.1. The topological polar surface area (TPSA) is 88.4 Å². The van der Waals surface area contributed by atoms with Crippen molar-refractivity contribution in [3.63, 3.8) is 0 Å². The molecule has 1 N–H and O–H groups in total. The number of benzene rings is 3. The smallest absolute Gasteiger partial charge is 0.253 e. The van der Waals surface area contributed by atoms with Crippen molar-refractivity contribution in [3.05, 3.63) is 108 Å². The Morgan fingerprint density at radius 2 is 1.66 bits per heavy atom. The van der Waals surface area contributed by atoms with E-state index in [0.717, 1.165) is 22.5 Å². The second-order valence-electron chi connectivity index (χ2n) is 9.85. The van der Waals surface area contributed by atoms with Crippen molar-refractivity contribution in [3.8, 4) is 5.75 Å². The lowest BCUT2D eigenvalue weighted by molar-refractivity contribution is 0.0746. The summed E-state index contributed by atoms with van der Waals surface area (Å²) in [5.41, 5.74) is 4.03. The Kier molecular flexibility index (Phi) is 7.44. The summed E-state index contributed by atoms with van der Waals surface area (Å²) in [6, 6.07) is 23.7. The summed E-state index contributed by atoms with van der Waals surface area (Å²) < 4.78 is 20.9. The number of nitrogens with one attached hydrogen (secondary N) is 1. The first kappa shape index (κ1) is 26.2. The molecule has 10 heteroatoms. The summed E-state index contributed by atoms with van der Waals surface area (Å²) >= 11 is 0. The molecule has 1 fully saturated rings. The number of ether oxygens (including phenoxy) is 1. The van der Waals surface area contributed by atoms with Gasteiger partial charge in [-0.2, -0.15) is 9.97 Å². The van der Waals surface area contributed by atoms with Gasteiger partial charge in [0.2, 0.25) is 5.95 Å². The van der Waals surface area contributed by atoms with Crippen LogP contribution in [0.2, 0.25) is 0 Å². The third-order valence-corrected chi connectivity index (χ3v) is 7.23. The summed E-state index contributed by atoms with van der Waals surface area (Å²) in [5, 5.41) is 3.46. The fourth-order valence-electron chi connectivity index (χ4n) is 5.01. The number of piperazine rings is 1. The Hall–Kier alpha value is -4.99. The summed E-state index contributed by atoms with van der Waals surface area (Å²) in [6.45, 7) is 3.27. The number of methoxy groups -OCH3 is 1. The molecule has 0 radical (unpaired) electrons. The Morgan fingerprint density at radius 1 is 0.927 bits per heavy atom. The highest BCUT2D eigenvalue weighted by atomic mass is 19.1. The van der Waals surface area contributed by atoms with Crippen LogP contribution in [-0.4, -0.2) is 63.6 Å². The van der Waals surface area contributed by atoms with Gasteiger partial charge in [0.25, 0.3) is 5.91 Å². The van der Waals surface area contributed by atoms with Crippen LogP contribution in [0.5, 0.6) is 5.75 Å². The van der Waals surface area contributed by atoms with Gasteiger partial charge in [0.05, 0.1) is 20.0 Å². The number of nitrogens with zero attached hydrogens (tertiary/aromatic N) is 6. The molecule has 208 valence electrons. The van der Waals surface area contributed by atoms with Crippen molar-refractivity contribution in [1.82, 2.24) is 24.4 Å². The zero-order chi connectivity index (χ0) is 28.2. The highest BCUT2D eigenvalue weighted by Crippen LogP contribution is 2.26. The van der Waals surface area contributed by atoms with E-state index >= 15 is 0 Å². The molecule has 0 bridgehead atoms. The van der Waals surface area contributed by atoms with E-state index in [-0.39, 0.29) is 11.7 Å². The number of para-hydroxylation sites is 1. The number of carbonyl (C=O) groups excluding carboxylic acids is 1. The van der Waals surface area contributed by atoms with E-state index in [1.54, 1.807) is 18.3 Å². The molecular formula is C31H30FN7O2. The maximum atomic E-state index is 13.3. The van der Waals surface area contributed by atoms with Crippen LogP contribution in [0.15, 0.2) is 85.2 Å². The van der Waals surface area contributed by atoms with Gasteiger partial charge in [-0.15, -0.1) is 0 Å². The van der Waals surface area contributed by atoms with E-state index in [0.29, 0.717) is 62.1 Å². The molecule has 3 heterocycles. The van der Waals surface area contributed by atoms with Crippen LogP contribution < -0.4 is 15.0 Å². The number of aromatic nitrogens is 4. The van der Waals surface area contributed by atoms with Crippen molar-refractivity contribution < 1.29 is 13.9 Å². The Morgan fingerprint density at radius 3 is 2.41 bits per heavy atom. The lowest BCUT2D eigenvalue weighted by Gasteiger charge is -2.35. The minimum Gasteiger partial charge on any atom is -0.496 e. The number of carbonyl (C=O) groups is 1. The van der Waals surface area contributed by atoms with Gasteiger partial charge in [-0.1, -0.05) is 48.5 Å². The summed E-state index contributed by atoms with van der Waals surface area (Å²) in [6.07, 6.45) is 1.80. The maximum absolute atomic E-state index is 13.3. The highest BCUT2D eigenvalue weighted by molar-refractivity contribution is 5.94. The predicted molar refractivity (Wildman–Crippen MR) is 156 cm³/mol. The van der Waals surface area contributed by atoms with Crippen LogP contribution in [0, 0.1) is 5.82 Å². The van der Waals surface area contributed by atoms with E-state index in [1.165, 1.54) is 24.3 Å². The fraction of sp³-hybridized carbons (Fsp3) is 0.226. The number of hydrogen-bond donors (Lipinski definition) is 1. The minimum atomic E-state index is -0.361. The minimum absolute atomic E-state index is 0.110. The molecule has 0 atom stereocenters. The van der Waals surface area contributed by atoms with Gasteiger partial charge in [-0.25, -0.2) is 9.37 Å². The molecule has 1 aliphatic heterocycles. The van der Waals surface area contributed by atoms with E-state index in [1.807, 2.05) is 47.0 Å².